The third-order valence-corrected chi connectivity index (χ3v) is 3.53. The second kappa shape index (κ2) is 8.52. The Morgan fingerprint density at radius 2 is 1.85 bits per heavy atom. The van der Waals surface area contributed by atoms with Crippen molar-refractivity contribution >= 4 is 17.7 Å². The van der Waals surface area contributed by atoms with Crippen molar-refractivity contribution in [1.29, 1.82) is 0 Å². The number of nitrogens with zero attached hydrogens (tertiary/aromatic N) is 1. The molecule has 1 amide bonds. The van der Waals surface area contributed by atoms with E-state index in [0.717, 1.165) is 0 Å². The Balaban J connectivity index is 2.04. The Morgan fingerprint density at radius 1 is 1.19 bits per heavy atom. The van der Waals surface area contributed by atoms with Crippen LogP contribution in [0.1, 0.15) is 11.1 Å². The third kappa shape index (κ3) is 4.97. The zero-order chi connectivity index (χ0) is 19.1. The summed E-state index contributed by atoms with van der Waals surface area (Å²) in [5, 5.41) is 23.1. The number of carbonyl (C=O) groups is 1. The number of methoxy groups -OCH3 is 2. The molecule has 0 fully saturated rings. The summed E-state index contributed by atoms with van der Waals surface area (Å²) < 4.78 is 10.3. The van der Waals surface area contributed by atoms with Crippen LogP contribution in [-0.4, -0.2) is 30.2 Å². The largest absolute Gasteiger partial charge is 0.508 e. The smallest absolute Gasteiger partial charge is 0.270 e. The number of nitro benzene ring substituents is 1. The normalized spacial score (nSPS) is 10.5. The lowest BCUT2D eigenvalue weighted by Gasteiger charge is -2.06. The predicted octanol–water partition coefficient (Wildman–Crippen LogP) is 2.65. The summed E-state index contributed by atoms with van der Waals surface area (Å²) in [6, 6.07) is 8.81. The van der Waals surface area contributed by atoms with Crippen LogP contribution in [0, 0.1) is 10.1 Å². The van der Waals surface area contributed by atoms with E-state index in [-0.39, 0.29) is 23.5 Å². The summed E-state index contributed by atoms with van der Waals surface area (Å²) in [6.45, 7) is -0.0435. The van der Waals surface area contributed by atoms with Crippen molar-refractivity contribution in [3.63, 3.8) is 0 Å². The Hall–Kier alpha value is -3.55. The number of carbonyl (C=O) groups excluding carboxylic acids is 1. The molecule has 0 aromatic heterocycles. The van der Waals surface area contributed by atoms with Gasteiger partial charge >= 0.3 is 0 Å². The number of nitro groups is 1. The van der Waals surface area contributed by atoms with Gasteiger partial charge in [0.15, 0.2) is 0 Å². The van der Waals surface area contributed by atoms with Crippen molar-refractivity contribution in [1.82, 2.24) is 5.32 Å². The van der Waals surface area contributed by atoms with Crippen LogP contribution in [0.15, 0.2) is 42.5 Å². The van der Waals surface area contributed by atoms with Crippen LogP contribution in [0.25, 0.3) is 6.08 Å². The number of amides is 1. The van der Waals surface area contributed by atoms with E-state index in [1.165, 1.54) is 38.5 Å². The topological polar surface area (TPSA) is 111 Å². The molecule has 0 bridgehead atoms. The second-order valence-electron chi connectivity index (χ2n) is 5.27. The van der Waals surface area contributed by atoms with Crippen LogP contribution in [0.5, 0.6) is 17.2 Å². The number of hydrogen-bond acceptors (Lipinski definition) is 6. The van der Waals surface area contributed by atoms with Gasteiger partial charge in [0.05, 0.1) is 19.1 Å². The van der Waals surface area contributed by atoms with Crippen LogP contribution < -0.4 is 14.8 Å². The molecule has 8 nitrogen and oxygen atoms in total. The number of ether oxygens (including phenoxy) is 2. The van der Waals surface area contributed by atoms with Gasteiger partial charge in [-0.2, -0.15) is 0 Å². The van der Waals surface area contributed by atoms with E-state index in [1.807, 2.05) is 0 Å². The standard InChI is InChI=1S/C18H18N2O6/c1-25-15-7-12(8-16(10-15)26-2)3-6-18(22)19-11-13-9-14(20(23)24)4-5-17(13)21/h3-10,21H,11H2,1-2H3,(H,19,22)/b6-3+. The lowest BCUT2D eigenvalue weighted by molar-refractivity contribution is -0.384. The van der Waals surface area contributed by atoms with Crippen molar-refractivity contribution in [2.45, 2.75) is 6.54 Å². The summed E-state index contributed by atoms with van der Waals surface area (Å²) in [6.07, 6.45) is 2.89. The minimum Gasteiger partial charge on any atom is -0.508 e. The number of phenolic OH excluding ortho intramolecular Hbond substituents is 1. The van der Waals surface area contributed by atoms with Gasteiger partial charge in [-0.05, 0) is 29.8 Å². The Kier molecular flexibility index (Phi) is 6.15. The number of benzene rings is 2. The molecule has 8 heteroatoms. The van der Waals surface area contributed by atoms with Gasteiger partial charge in [0.2, 0.25) is 5.91 Å². The molecule has 0 heterocycles. The molecule has 2 aromatic carbocycles. The van der Waals surface area contributed by atoms with Crippen LogP contribution in [0.3, 0.4) is 0 Å². The molecule has 0 atom stereocenters. The van der Waals surface area contributed by atoms with Crippen molar-refractivity contribution in [3.05, 3.63) is 63.7 Å². The first-order chi connectivity index (χ1) is 12.4. The van der Waals surface area contributed by atoms with E-state index in [9.17, 15) is 20.0 Å². The van der Waals surface area contributed by atoms with E-state index < -0.39 is 10.8 Å². The first-order valence-electron chi connectivity index (χ1n) is 7.58. The first kappa shape index (κ1) is 18.8. The lowest BCUT2D eigenvalue weighted by Crippen LogP contribution is -2.20. The van der Waals surface area contributed by atoms with E-state index in [0.29, 0.717) is 17.1 Å². The fourth-order valence-corrected chi connectivity index (χ4v) is 2.17. The summed E-state index contributed by atoms with van der Waals surface area (Å²) in [7, 11) is 3.06. The van der Waals surface area contributed by atoms with Crippen LogP contribution >= 0.6 is 0 Å². The number of nitrogens with one attached hydrogen (secondary N) is 1. The lowest BCUT2D eigenvalue weighted by atomic mass is 10.1. The van der Waals surface area contributed by atoms with Gasteiger partial charge < -0.3 is 19.9 Å². The molecule has 0 unspecified atom stereocenters. The summed E-state index contributed by atoms with van der Waals surface area (Å²) >= 11 is 0. The van der Waals surface area contributed by atoms with Gasteiger partial charge in [-0.3, -0.25) is 14.9 Å². The van der Waals surface area contributed by atoms with Crippen LogP contribution in [0.2, 0.25) is 0 Å². The minimum absolute atomic E-state index is 0.0435. The summed E-state index contributed by atoms with van der Waals surface area (Å²) in [5.41, 5.74) is 0.796. The van der Waals surface area contributed by atoms with Gasteiger partial charge in [-0.1, -0.05) is 0 Å². The van der Waals surface area contributed by atoms with E-state index in [1.54, 1.807) is 24.3 Å². The first-order valence-corrected chi connectivity index (χ1v) is 7.58. The molecule has 0 aliphatic heterocycles. The highest BCUT2D eigenvalue weighted by atomic mass is 16.6. The molecule has 0 saturated carbocycles. The predicted molar refractivity (Wildman–Crippen MR) is 95.2 cm³/mol. The van der Waals surface area contributed by atoms with E-state index in [2.05, 4.69) is 5.32 Å². The molecule has 2 aromatic rings. The molecule has 0 aliphatic rings. The van der Waals surface area contributed by atoms with Crippen molar-refractivity contribution in [2.24, 2.45) is 0 Å². The maximum absolute atomic E-state index is 12.0. The maximum Gasteiger partial charge on any atom is 0.270 e. The van der Waals surface area contributed by atoms with Crippen molar-refractivity contribution in [3.8, 4) is 17.2 Å². The third-order valence-electron chi connectivity index (χ3n) is 3.53. The Morgan fingerprint density at radius 3 is 2.42 bits per heavy atom. The van der Waals surface area contributed by atoms with Gasteiger partial charge in [0, 0.05) is 36.4 Å². The SMILES string of the molecule is COc1cc(/C=C/C(=O)NCc2cc([N+](=O)[O-])ccc2O)cc(OC)c1. The second-order valence-corrected chi connectivity index (χ2v) is 5.27. The summed E-state index contributed by atoms with van der Waals surface area (Å²) in [5.74, 6) is 0.631. The van der Waals surface area contributed by atoms with Gasteiger partial charge in [0.1, 0.15) is 17.2 Å². The molecule has 2 rings (SSSR count). The zero-order valence-electron chi connectivity index (χ0n) is 14.3. The highest BCUT2D eigenvalue weighted by Gasteiger charge is 2.10. The molecule has 2 N–H and O–H groups in total. The number of rotatable bonds is 7. The average Bonchev–Trinajstić information content (AvgIpc) is 2.65. The van der Waals surface area contributed by atoms with Gasteiger partial charge in [-0.15, -0.1) is 0 Å². The van der Waals surface area contributed by atoms with Gasteiger partial charge in [-0.25, -0.2) is 0 Å². The molecule has 26 heavy (non-hydrogen) atoms. The number of phenols is 1. The van der Waals surface area contributed by atoms with Crippen LogP contribution in [-0.2, 0) is 11.3 Å². The zero-order valence-corrected chi connectivity index (χ0v) is 14.3. The van der Waals surface area contributed by atoms with Gasteiger partial charge in [0.25, 0.3) is 5.69 Å². The fraction of sp³-hybridized carbons (Fsp3) is 0.167. The average molecular weight is 358 g/mol. The van der Waals surface area contributed by atoms with E-state index >= 15 is 0 Å². The van der Waals surface area contributed by atoms with Crippen molar-refractivity contribution < 1.29 is 24.3 Å². The number of non-ortho nitro benzene ring substituents is 1. The molecule has 0 radical (unpaired) electrons. The summed E-state index contributed by atoms with van der Waals surface area (Å²) in [4.78, 5) is 22.2. The molecular formula is C18H18N2O6. The monoisotopic (exact) mass is 358 g/mol. The molecule has 136 valence electrons. The molecule has 0 aliphatic carbocycles. The highest BCUT2D eigenvalue weighted by molar-refractivity contribution is 5.91. The Labute approximate surface area is 149 Å². The quantitative estimate of drug-likeness (QED) is 0.447. The molecule has 0 spiro atoms. The van der Waals surface area contributed by atoms with Crippen LogP contribution in [0.4, 0.5) is 5.69 Å². The highest BCUT2D eigenvalue weighted by Crippen LogP contribution is 2.24. The number of hydrogen-bond donors (Lipinski definition) is 2. The molecule has 0 saturated heterocycles. The van der Waals surface area contributed by atoms with Crippen molar-refractivity contribution in [2.75, 3.05) is 14.2 Å². The number of aromatic hydroxyl groups is 1. The maximum atomic E-state index is 12.0. The fourth-order valence-electron chi connectivity index (χ4n) is 2.17. The van der Waals surface area contributed by atoms with E-state index in [4.69, 9.17) is 9.47 Å². The Bertz CT molecular complexity index is 825. The molecular weight excluding hydrogens is 340 g/mol. The minimum atomic E-state index is -0.569.